The lowest BCUT2D eigenvalue weighted by Crippen LogP contribution is -2.11. The molecule has 1 rings (SSSR count). The predicted molar refractivity (Wildman–Crippen MR) is 50.1 cm³/mol. The third kappa shape index (κ3) is 2.34. The number of hydrogen-bond donors (Lipinski definition) is 1. The summed E-state index contributed by atoms with van der Waals surface area (Å²) in [5.74, 6) is 1.19. The highest BCUT2D eigenvalue weighted by Crippen LogP contribution is 1.99. The van der Waals surface area contributed by atoms with Gasteiger partial charge in [0.25, 0.3) is 0 Å². The van der Waals surface area contributed by atoms with Gasteiger partial charge in [0.1, 0.15) is 5.82 Å². The number of imidazole rings is 1. The first-order chi connectivity index (χ1) is 5.88. The van der Waals surface area contributed by atoms with Crippen LogP contribution in [0, 0.1) is 0 Å². The summed E-state index contributed by atoms with van der Waals surface area (Å²) in [6.45, 7) is 4.28. The smallest absolute Gasteiger partial charge is 0.108 e. The van der Waals surface area contributed by atoms with E-state index in [1.54, 1.807) is 0 Å². The average molecular weight is 167 g/mol. The van der Waals surface area contributed by atoms with Gasteiger partial charge >= 0.3 is 0 Å². The summed E-state index contributed by atoms with van der Waals surface area (Å²) in [7, 11) is 1.98. The first-order valence-electron chi connectivity index (χ1n) is 4.53. The largest absolute Gasteiger partial charge is 0.335 e. The minimum absolute atomic E-state index is 1.02. The number of nitrogens with one attached hydrogen (secondary N) is 1. The van der Waals surface area contributed by atoms with Gasteiger partial charge in [-0.05, 0) is 20.0 Å². The molecule has 0 atom stereocenters. The zero-order chi connectivity index (χ0) is 8.81. The maximum atomic E-state index is 4.26. The molecule has 0 aliphatic rings. The van der Waals surface area contributed by atoms with Crippen molar-refractivity contribution in [2.24, 2.45) is 0 Å². The van der Waals surface area contributed by atoms with Crippen molar-refractivity contribution >= 4 is 0 Å². The fourth-order valence-corrected chi connectivity index (χ4v) is 1.28. The molecule has 0 saturated heterocycles. The van der Waals surface area contributed by atoms with Crippen LogP contribution in [-0.2, 0) is 13.0 Å². The Morgan fingerprint density at radius 2 is 2.42 bits per heavy atom. The number of rotatable bonds is 5. The summed E-state index contributed by atoms with van der Waals surface area (Å²) in [4.78, 5) is 4.26. The van der Waals surface area contributed by atoms with E-state index in [0.717, 1.165) is 19.5 Å². The van der Waals surface area contributed by atoms with Gasteiger partial charge in [-0.15, -0.1) is 0 Å². The zero-order valence-corrected chi connectivity index (χ0v) is 7.88. The van der Waals surface area contributed by atoms with E-state index < -0.39 is 0 Å². The van der Waals surface area contributed by atoms with Crippen LogP contribution in [0.4, 0.5) is 0 Å². The summed E-state index contributed by atoms with van der Waals surface area (Å²) in [6.07, 6.45) is 6.11. The molecule has 1 heterocycles. The number of aryl methyl sites for hydroxylation is 2. The summed E-state index contributed by atoms with van der Waals surface area (Å²) < 4.78 is 2.22. The fourth-order valence-electron chi connectivity index (χ4n) is 1.28. The summed E-state index contributed by atoms with van der Waals surface area (Å²) in [5, 5.41) is 3.13. The lowest BCUT2D eigenvalue weighted by Gasteiger charge is -2.05. The van der Waals surface area contributed by atoms with Crippen molar-refractivity contribution in [1.82, 2.24) is 14.9 Å². The Morgan fingerprint density at radius 1 is 1.58 bits per heavy atom. The molecular weight excluding hydrogens is 150 g/mol. The molecular formula is C9H17N3. The second-order valence-corrected chi connectivity index (χ2v) is 2.85. The minimum Gasteiger partial charge on any atom is -0.335 e. The van der Waals surface area contributed by atoms with Gasteiger partial charge in [0.05, 0.1) is 0 Å². The van der Waals surface area contributed by atoms with Gasteiger partial charge in [0.2, 0.25) is 0 Å². The molecule has 0 amide bonds. The van der Waals surface area contributed by atoms with E-state index in [1.807, 2.05) is 13.2 Å². The number of aromatic nitrogens is 2. The minimum atomic E-state index is 1.02. The topological polar surface area (TPSA) is 29.9 Å². The van der Waals surface area contributed by atoms with Crippen molar-refractivity contribution in [2.45, 2.75) is 26.3 Å². The van der Waals surface area contributed by atoms with Crippen LogP contribution in [0.5, 0.6) is 0 Å². The molecule has 1 aromatic rings. The van der Waals surface area contributed by atoms with Crippen molar-refractivity contribution in [3.05, 3.63) is 18.2 Å². The van der Waals surface area contributed by atoms with Crippen molar-refractivity contribution in [3.63, 3.8) is 0 Å². The van der Waals surface area contributed by atoms with Gasteiger partial charge in [0, 0.05) is 25.4 Å². The molecule has 3 heteroatoms. The van der Waals surface area contributed by atoms with Gasteiger partial charge in [-0.1, -0.05) is 6.92 Å². The van der Waals surface area contributed by atoms with Gasteiger partial charge in [-0.2, -0.15) is 0 Å². The van der Waals surface area contributed by atoms with Crippen molar-refractivity contribution in [2.75, 3.05) is 13.6 Å². The maximum absolute atomic E-state index is 4.26. The molecule has 1 aromatic heterocycles. The van der Waals surface area contributed by atoms with Crippen LogP contribution in [0.3, 0.4) is 0 Å². The standard InChI is InChI=1S/C9H17N3/c1-3-9-11-6-8-12(9)7-4-5-10-2/h6,8,10H,3-5,7H2,1-2H3. The number of hydrogen-bond acceptors (Lipinski definition) is 2. The molecule has 3 nitrogen and oxygen atoms in total. The third-order valence-corrected chi connectivity index (χ3v) is 1.94. The second-order valence-electron chi connectivity index (χ2n) is 2.85. The van der Waals surface area contributed by atoms with E-state index in [-0.39, 0.29) is 0 Å². The second kappa shape index (κ2) is 4.93. The molecule has 0 bridgehead atoms. The molecule has 68 valence electrons. The average Bonchev–Trinajstić information content (AvgIpc) is 2.52. The molecule has 0 fully saturated rings. The fraction of sp³-hybridized carbons (Fsp3) is 0.667. The molecule has 0 spiro atoms. The Kier molecular flexibility index (Phi) is 3.80. The highest BCUT2D eigenvalue weighted by molar-refractivity contribution is 4.91. The summed E-state index contributed by atoms with van der Waals surface area (Å²) >= 11 is 0. The van der Waals surface area contributed by atoms with Crippen LogP contribution in [0.25, 0.3) is 0 Å². The van der Waals surface area contributed by atoms with Crippen LogP contribution < -0.4 is 5.32 Å². The Bertz CT molecular complexity index is 217. The summed E-state index contributed by atoms with van der Waals surface area (Å²) in [6, 6.07) is 0. The predicted octanol–water partition coefficient (Wildman–Crippen LogP) is 1.05. The van der Waals surface area contributed by atoms with Gasteiger partial charge in [-0.3, -0.25) is 0 Å². The van der Waals surface area contributed by atoms with Crippen molar-refractivity contribution in [1.29, 1.82) is 0 Å². The third-order valence-electron chi connectivity index (χ3n) is 1.94. The molecule has 0 saturated carbocycles. The highest BCUT2D eigenvalue weighted by atomic mass is 15.1. The molecule has 0 unspecified atom stereocenters. The molecule has 12 heavy (non-hydrogen) atoms. The molecule has 0 aromatic carbocycles. The van der Waals surface area contributed by atoms with Crippen molar-refractivity contribution in [3.8, 4) is 0 Å². The van der Waals surface area contributed by atoms with Crippen LogP contribution >= 0.6 is 0 Å². The van der Waals surface area contributed by atoms with Gasteiger partial charge in [-0.25, -0.2) is 4.98 Å². The monoisotopic (exact) mass is 167 g/mol. The van der Waals surface area contributed by atoms with Crippen LogP contribution in [-0.4, -0.2) is 23.1 Å². The van der Waals surface area contributed by atoms with Crippen LogP contribution in [0.2, 0.25) is 0 Å². The first-order valence-corrected chi connectivity index (χ1v) is 4.53. The van der Waals surface area contributed by atoms with Gasteiger partial charge in [0.15, 0.2) is 0 Å². The van der Waals surface area contributed by atoms with E-state index in [4.69, 9.17) is 0 Å². The van der Waals surface area contributed by atoms with E-state index in [0.29, 0.717) is 0 Å². The Labute approximate surface area is 73.8 Å². The maximum Gasteiger partial charge on any atom is 0.108 e. The van der Waals surface area contributed by atoms with Crippen LogP contribution in [0.1, 0.15) is 19.2 Å². The lowest BCUT2D eigenvalue weighted by molar-refractivity contribution is 0.592. The zero-order valence-electron chi connectivity index (χ0n) is 7.88. The van der Waals surface area contributed by atoms with Crippen molar-refractivity contribution < 1.29 is 0 Å². The normalized spacial score (nSPS) is 10.5. The molecule has 1 N–H and O–H groups in total. The van der Waals surface area contributed by atoms with E-state index in [2.05, 4.69) is 28.0 Å². The lowest BCUT2D eigenvalue weighted by atomic mass is 10.4. The Balaban J connectivity index is 2.39. The van der Waals surface area contributed by atoms with E-state index in [1.165, 1.54) is 12.2 Å². The first kappa shape index (κ1) is 9.26. The molecule has 0 aliphatic heterocycles. The molecule has 0 radical (unpaired) electrons. The SMILES string of the molecule is CCc1nccn1CCCNC. The Hall–Kier alpha value is -0.830. The van der Waals surface area contributed by atoms with Crippen LogP contribution in [0.15, 0.2) is 12.4 Å². The van der Waals surface area contributed by atoms with Gasteiger partial charge < -0.3 is 9.88 Å². The van der Waals surface area contributed by atoms with E-state index >= 15 is 0 Å². The van der Waals surface area contributed by atoms with E-state index in [9.17, 15) is 0 Å². The summed E-state index contributed by atoms with van der Waals surface area (Å²) in [5.41, 5.74) is 0. The number of nitrogens with zero attached hydrogens (tertiary/aromatic N) is 2. The quantitative estimate of drug-likeness (QED) is 0.664. The molecule has 0 aliphatic carbocycles. The Morgan fingerprint density at radius 3 is 3.08 bits per heavy atom. The highest BCUT2D eigenvalue weighted by Gasteiger charge is 1.97.